The zero-order chi connectivity index (χ0) is 18.4. The van der Waals surface area contributed by atoms with Crippen molar-refractivity contribution >= 4 is 11.8 Å². The Morgan fingerprint density at radius 1 is 0.808 bits per heavy atom. The Morgan fingerprint density at radius 2 is 1.42 bits per heavy atom. The second-order valence-corrected chi connectivity index (χ2v) is 5.70. The summed E-state index contributed by atoms with van der Waals surface area (Å²) in [4.78, 5) is 24.1. The molecule has 0 aliphatic carbocycles. The molecule has 0 fully saturated rings. The zero-order valence-corrected chi connectivity index (χ0v) is 14.1. The summed E-state index contributed by atoms with van der Waals surface area (Å²) in [6.07, 6.45) is 3.87. The van der Waals surface area contributed by atoms with E-state index in [2.05, 4.69) is 10.6 Å². The summed E-state index contributed by atoms with van der Waals surface area (Å²) in [6, 6.07) is 17.2. The third-order valence-electron chi connectivity index (χ3n) is 3.84. The van der Waals surface area contributed by atoms with Crippen LogP contribution in [-0.4, -0.2) is 34.6 Å². The molecule has 1 aromatic heterocycles. The van der Waals surface area contributed by atoms with Gasteiger partial charge in [-0.25, -0.2) is 0 Å². The predicted molar refractivity (Wildman–Crippen MR) is 98.5 cm³/mol. The summed E-state index contributed by atoms with van der Waals surface area (Å²) < 4.78 is 1.96. The Hall–Kier alpha value is -3.54. The molecule has 0 spiro atoms. The van der Waals surface area contributed by atoms with Gasteiger partial charge in [-0.2, -0.15) is 0 Å². The van der Waals surface area contributed by atoms with Crippen LogP contribution in [0.1, 0.15) is 20.7 Å². The lowest BCUT2D eigenvalue weighted by Crippen LogP contribution is -2.34. The maximum absolute atomic E-state index is 12.1. The Bertz CT molecular complexity index is 887. The molecule has 0 saturated carbocycles. The molecular weight excluding hydrogens is 330 g/mol. The number of hydrogen-bond donors (Lipinski definition) is 3. The number of phenols is 1. The molecule has 0 aliphatic heterocycles. The molecular formula is C20H19N3O3. The maximum atomic E-state index is 12.1. The van der Waals surface area contributed by atoms with Gasteiger partial charge in [0.05, 0.1) is 0 Å². The molecule has 0 unspecified atom stereocenters. The Labute approximate surface area is 151 Å². The highest BCUT2D eigenvalue weighted by molar-refractivity contribution is 5.95. The van der Waals surface area contributed by atoms with E-state index in [0.717, 1.165) is 5.69 Å². The lowest BCUT2D eigenvalue weighted by molar-refractivity contribution is 0.0927. The highest BCUT2D eigenvalue weighted by Gasteiger charge is 2.07. The van der Waals surface area contributed by atoms with Crippen molar-refractivity contribution in [3.05, 3.63) is 84.2 Å². The average molecular weight is 349 g/mol. The van der Waals surface area contributed by atoms with Crippen LogP contribution in [0.2, 0.25) is 0 Å². The number of benzene rings is 2. The number of carbonyl (C=O) groups excluding carboxylic acids is 2. The number of phenolic OH excluding ortho intramolecular Hbond substituents is 1. The molecule has 26 heavy (non-hydrogen) atoms. The first kappa shape index (κ1) is 17.3. The van der Waals surface area contributed by atoms with E-state index in [1.165, 1.54) is 12.1 Å². The van der Waals surface area contributed by atoms with Gasteiger partial charge in [-0.3, -0.25) is 9.59 Å². The van der Waals surface area contributed by atoms with Crippen LogP contribution in [0.5, 0.6) is 5.75 Å². The van der Waals surface area contributed by atoms with Crippen LogP contribution in [0.25, 0.3) is 5.69 Å². The summed E-state index contributed by atoms with van der Waals surface area (Å²) in [5.74, 6) is -0.462. The van der Waals surface area contributed by atoms with E-state index in [4.69, 9.17) is 0 Å². The molecule has 3 N–H and O–H groups in total. The van der Waals surface area contributed by atoms with Crippen molar-refractivity contribution in [2.75, 3.05) is 13.1 Å². The smallest absolute Gasteiger partial charge is 0.251 e. The van der Waals surface area contributed by atoms with E-state index in [-0.39, 0.29) is 17.6 Å². The van der Waals surface area contributed by atoms with Gasteiger partial charge < -0.3 is 20.3 Å². The van der Waals surface area contributed by atoms with Crippen molar-refractivity contribution in [1.82, 2.24) is 15.2 Å². The quantitative estimate of drug-likeness (QED) is 0.597. The first-order valence-electron chi connectivity index (χ1n) is 8.22. The summed E-state index contributed by atoms with van der Waals surface area (Å²) >= 11 is 0. The van der Waals surface area contributed by atoms with Gasteiger partial charge >= 0.3 is 0 Å². The molecule has 6 nitrogen and oxygen atoms in total. The van der Waals surface area contributed by atoms with Gasteiger partial charge in [0.2, 0.25) is 0 Å². The number of nitrogens with zero attached hydrogens (tertiary/aromatic N) is 1. The molecule has 0 saturated heterocycles. The second kappa shape index (κ2) is 8.02. The van der Waals surface area contributed by atoms with Crippen LogP contribution in [0.4, 0.5) is 0 Å². The van der Waals surface area contributed by atoms with Gasteiger partial charge in [0.25, 0.3) is 11.8 Å². The van der Waals surface area contributed by atoms with Gasteiger partial charge in [-0.05, 0) is 54.6 Å². The minimum atomic E-state index is -0.300. The van der Waals surface area contributed by atoms with E-state index in [1.54, 1.807) is 24.3 Å². The summed E-state index contributed by atoms with van der Waals surface area (Å²) in [7, 11) is 0. The molecule has 0 bridgehead atoms. The van der Waals surface area contributed by atoms with Gasteiger partial charge in [-0.15, -0.1) is 0 Å². The number of nitrogens with one attached hydrogen (secondary N) is 2. The largest absolute Gasteiger partial charge is 0.508 e. The van der Waals surface area contributed by atoms with Crippen molar-refractivity contribution in [3.8, 4) is 11.4 Å². The summed E-state index contributed by atoms with van der Waals surface area (Å²) in [5, 5.41) is 14.8. The van der Waals surface area contributed by atoms with Gasteiger partial charge in [0.15, 0.2) is 0 Å². The standard InChI is InChI=1S/C20H19N3O3/c24-18-5-3-4-16(14-18)20(26)22-11-10-21-19(25)15-6-8-17(9-7-15)23-12-1-2-13-23/h1-9,12-14,24H,10-11H2,(H,21,25)(H,22,26). The average Bonchev–Trinajstić information content (AvgIpc) is 3.20. The molecule has 2 amide bonds. The number of aromatic hydroxyl groups is 1. The van der Waals surface area contributed by atoms with Crippen molar-refractivity contribution in [2.24, 2.45) is 0 Å². The molecule has 0 aliphatic rings. The molecule has 3 rings (SSSR count). The molecule has 6 heteroatoms. The van der Waals surface area contributed by atoms with E-state index >= 15 is 0 Å². The van der Waals surface area contributed by atoms with Crippen LogP contribution in [0.3, 0.4) is 0 Å². The molecule has 132 valence electrons. The highest BCUT2D eigenvalue weighted by Crippen LogP contribution is 2.11. The first-order valence-corrected chi connectivity index (χ1v) is 8.22. The molecule has 0 atom stereocenters. The zero-order valence-electron chi connectivity index (χ0n) is 14.1. The van der Waals surface area contributed by atoms with Gasteiger partial charge in [-0.1, -0.05) is 6.07 Å². The predicted octanol–water partition coefficient (Wildman–Crippen LogP) is 2.34. The van der Waals surface area contributed by atoms with Crippen molar-refractivity contribution in [1.29, 1.82) is 0 Å². The SMILES string of the molecule is O=C(NCCNC(=O)c1cccc(O)c1)c1ccc(-n2cccc2)cc1. The Morgan fingerprint density at radius 3 is 2.04 bits per heavy atom. The van der Waals surface area contributed by atoms with E-state index in [0.29, 0.717) is 24.2 Å². The summed E-state index contributed by atoms with van der Waals surface area (Å²) in [5.41, 5.74) is 1.90. The molecule has 3 aromatic rings. The van der Waals surface area contributed by atoms with E-state index in [9.17, 15) is 14.7 Å². The monoisotopic (exact) mass is 349 g/mol. The van der Waals surface area contributed by atoms with E-state index < -0.39 is 0 Å². The summed E-state index contributed by atoms with van der Waals surface area (Å²) in [6.45, 7) is 0.602. The first-order chi connectivity index (χ1) is 12.6. The van der Waals surface area contributed by atoms with Gasteiger partial charge in [0, 0.05) is 42.3 Å². The fraction of sp³-hybridized carbons (Fsp3) is 0.100. The topological polar surface area (TPSA) is 83.4 Å². The Balaban J connectivity index is 1.46. The lowest BCUT2D eigenvalue weighted by Gasteiger charge is -2.08. The van der Waals surface area contributed by atoms with Crippen molar-refractivity contribution in [2.45, 2.75) is 0 Å². The number of rotatable bonds is 6. The third kappa shape index (κ3) is 4.30. The minimum absolute atomic E-state index is 0.0364. The van der Waals surface area contributed by atoms with Gasteiger partial charge in [0.1, 0.15) is 5.75 Å². The second-order valence-electron chi connectivity index (χ2n) is 5.70. The Kier molecular flexibility index (Phi) is 5.34. The number of hydrogen-bond acceptors (Lipinski definition) is 3. The molecule has 2 aromatic carbocycles. The van der Waals surface area contributed by atoms with Crippen LogP contribution in [-0.2, 0) is 0 Å². The lowest BCUT2D eigenvalue weighted by atomic mass is 10.2. The number of aromatic nitrogens is 1. The highest BCUT2D eigenvalue weighted by atomic mass is 16.3. The normalized spacial score (nSPS) is 10.3. The van der Waals surface area contributed by atoms with Crippen LogP contribution >= 0.6 is 0 Å². The van der Waals surface area contributed by atoms with Crippen LogP contribution < -0.4 is 10.6 Å². The van der Waals surface area contributed by atoms with Crippen molar-refractivity contribution < 1.29 is 14.7 Å². The number of amides is 2. The maximum Gasteiger partial charge on any atom is 0.251 e. The molecule has 0 radical (unpaired) electrons. The fourth-order valence-electron chi connectivity index (χ4n) is 2.49. The third-order valence-corrected chi connectivity index (χ3v) is 3.84. The molecule has 1 heterocycles. The minimum Gasteiger partial charge on any atom is -0.508 e. The number of carbonyl (C=O) groups is 2. The fourth-order valence-corrected chi connectivity index (χ4v) is 2.49. The van der Waals surface area contributed by atoms with Crippen molar-refractivity contribution in [3.63, 3.8) is 0 Å². The van der Waals surface area contributed by atoms with Crippen LogP contribution in [0.15, 0.2) is 73.1 Å². The van der Waals surface area contributed by atoms with Crippen LogP contribution in [0, 0.1) is 0 Å². The van der Waals surface area contributed by atoms with E-state index in [1.807, 2.05) is 41.2 Å².